The predicted molar refractivity (Wildman–Crippen MR) is 85.9 cm³/mol. The highest BCUT2D eigenvalue weighted by Gasteiger charge is 2.39. The van der Waals surface area contributed by atoms with Gasteiger partial charge in [-0.25, -0.2) is 9.59 Å². The number of hydrogen-bond acceptors (Lipinski definition) is 7. The number of nitrogens with zero attached hydrogens (tertiary/aromatic N) is 2. The lowest BCUT2D eigenvalue weighted by atomic mass is 10.1. The monoisotopic (exact) mass is 452 g/mol. The van der Waals surface area contributed by atoms with Gasteiger partial charge in [0.2, 0.25) is 0 Å². The molecule has 0 radical (unpaired) electrons. The van der Waals surface area contributed by atoms with Gasteiger partial charge in [-0.05, 0) is 18.2 Å². The maximum atomic E-state index is 12.9. The molecule has 2 aromatic carbocycles. The molecule has 0 fully saturated rings. The number of benzene rings is 2. The van der Waals surface area contributed by atoms with E-state index in [2.05, 4.69) is 4.74 Å². The molecule has 0 aliphatic heterocycles. The molecule has 31 heavy (non-hydrogen) atoms. The Hall–Kier alpha value is -4.04. The Morgan fingerprint density at radius 2 is 1.35 bits per heavy atom. The zero-order valence-electron chi connectivity index (χ0n) is 14.5. The lowest BCUT2D eigenvalue weighted by Gasteiger charge is -2.10. The predicted octanol–water partition coefficient (Wildman–Crippen LogP) is 4.54. The van der Waals surface area contributed by atoms with Gasteiger partial charge >= 0.3 is 24.3 Å². The number of carbonyl (C=O) groups is 2. The number of nitro groups is 2. The molecule has 0 aromatic heterocycles. The molecular formula is C16H6F6N2O7. The van der Waals surface area contributed by atoms with Crippen LogP contribution in [0.2, 0.25) is 0 Å². The maximum absolute atomic E-state index is 12.9. The fraction of sp³-hybridized carbons (Fsp3) is 0.125. The Labute approximate surface area is 166 Å². The van der Waals surface area contributed by atoms with Crippen molar-refractivity contribution in [3.05, 3.63) is 78.9 Å². The van der Waals surface area contributed by atoms with Crippen LogP contribution in [0.1, 0.15) is 31.8 Å². The van der Waals surface area contributed by atoms with Crippen LogP contribution in [-0.2, 0) is 17.1 Å². The molecule has 0 bridgehead atoms. The highest BCUT2D eigenvalue weighted by Crippen LogP contribution is 2.37. The van der Waals surface area contributed by atoms with Gasteiger partial charge in [0.1, 0.15) is 5.56 Å². The molecule has 0 saturated carbocycles. The highest BCUT2D eigenvalue weighted by atomic mass is 19.4. The molecule has 2 rings (SSSR count). The lowest BCUT2D eigenvalue weighted by molar-refractivity contribution is -0.388. The smallest absolute Gasteiger partial charge is 0.386 e. The van der Waals surface area contributed by atoms with Gasteiger partial charge in [-0.3, -0.25) is 20.2 Å². The van der Waals surface area contributed by atoms with Gasteiger partial charge in [-0.15, -0.1) is 0 Å². The van der Waals surface area contributed by atoms with Crippen LogP contribution in [0.4, 0.5) is 37.7 Å². The van der Waals surface area contributed by atoms with Crippen LogP contribution >= 0.6 is 0 Å². The Bertz CT molecular complexity index is 1090. The van der Waals surface area contributed by atoms with E-state index in [9.17, 15) is 56.2 Å². The van der Waals surface area contributed by atoms with Crippen LogP contribution in [0, 0.1) is 20.2 Å². The number of hydrogen-bond donors (Lipinski definition) is 0. The van der Waals surface area contributed by atoms with Crippen molar-refractivity contribution in [2.24, 2.45) is 0 Å². The van der Waals surface area contributed by atoms with Gasteiger partial charge in [-0.1, -0.05) is 0 Å². The van der Waals surface area contributed by atoms with E-state index in [4.69, 9.17) is 0 Å². The minimum Gasteiger partial charge on any atom is -0.386 e. The molecule has 9 nitrogen and oxygen atoms in total. The van der Waals surface area contributed by atoms with Crippen molar-refractivity contribution in [3.63, 3.8) is 0 Å². The molecule has 0 spiro atoms. The minimum absolute atomic E-state index is 0.123. The van der Waals surface area contributed by atoms with Crippen LogP contribution < -0.4 is 0 Å². The standard InChI is InChI=1S/C16H6F6N2O7/c17-15(18,19)9-3-8(4-10(6-9)23(27)28)14(26)31-13(25)7-1-2-11(16(20,21)22)12(5-7)24(29)30/h1-6H. The van der Waals surface area contributed by atoms with E-state index >= 15 is 0 Å². The summed E-state index contributed by atoms with van der Waals surface area (Å²) >= 11 is 0. The second-order valence-electron chi connectivity index (χ2n) is 5.69. The summed E-state index contributed by atoms with van der Waals surface area (Å²) < 4.78 is 81.2. The largest absolute Gasteiger partial charge is 0.422 e. The molecule has 0 heterocycles. The number of non-ortho nitro benzene ring substituents is 1. The number of carbonyl (C=O) groups excluding carboxylic acids is 2. The fourth-order valence-corrected chi connectivity index (χ4v) is 2.25. The van der Waals surface area contributed by atoms with E-state index in [1.54, 1.807) is 0 Å². The van der Waals surface area contributed by atoms with Crippen molar-refractivity contribution < 1.29 is 50.5 Å². The van der Waals surface area contributed by atoms with Gasteiger partial charge in [-0.2, -0.15) is 26.3 Å². The second-order valence-corrected chi connectivity index (χ2v) is 5.69. The number of halogens is 6. The quantitative estimate of drug-likeness (QED) is 0.219. The zero-order valence-corrected chi connectivity index (χ0v) is 14.5. The number of esters is 2. The molecule has 164 valence electrons. The van der Waals surface area contributed by atoms with E-state index in [0.717, 1.165) is 0 Å². The molecule has 0 aliphatic rings. The summed E-state index contributed by atoms with van der Waals surface area (Å²) in [7, 11) is 0. The normalized spacial score (nSPS) is 11.7. The first-order valence-corrected chi connectivity index (χ1v) is 7.60. The van der Waals surface area contributed by atoms with Gasteiger partial charge in [0, 0.05) is 18.2 Å². The van der Waals surface area contributed by atoms with E-state index in [0.29, 0.717) is 12.1 Å². The highest BCUT2D eigenvalue weighted by molar-refractivity contribution is 6.03. The number of rotatable bonds is 4. The third kappa shape index (κ3) is 5.31. The van der Waals surface area contributed by atoms with Crippen molar-refractivity contribution >= 4 is 23.3 Å². The van der Waals surface area contributed by atoms with Crippen LogP contribution in [-0.4, -0.2) is 21.8 Å². The van der Waals surface area contributed by atoms with E-state index in [-0.39, 0.29) is 24.3 Å². The average Bonchev–Trinajstić information content (AvgIpc) is 2.65. The first-order valence-electron chi connectivity index (χ1n) is 7.60. The summed E-state index contributed by atoms with van der Waals surface area (Å²) in [5.74, 6) is -3.54. The maximum Gasteiger partial charge on any atom is 0.422 e. The molecular weight excluding hydrogens is 446 g/mol. The van der Waals surface area contributed by atoms with Crippen molar-refractivity contribution in [1.29, 1.82) is 0 Å². The third-order valence-electron chi connectivity index (χ3n) is 3.61. The summed E-state index contributed by atoms with van der Waals surface area (Å²) in [6.45, 7) is 0. The summed E-state index contributed by atoms with van der Waals surface area (Å²) in [6, 6.07) is 1.43. The molecule has 0 amide bonds. The molecule has 15 heteroatoms. The van der Waals surface area contributed by atoms with Crippen molar-refractivity contribution in [1.82, 2.24) is 0 Å². The summed E-state index contributed by atoms with van der Waals surface area (Å²) in [5.41, 5.74) is -7.95. The summed E-state index contributed by atoms with van der Waals surface area (Å²) in [4.78, 5) is 42.9. The van der Waals surface area contributed by atoms with Crippen molar-refractivity contribution in [2.75, 3.05) is 0 Å². The molecule has 0 atom stereocenters. The van der Waals surface area contributed by atoms with E-state index < -0.39 is 67.8 Å². The van der Waals surface area contributed by atoms with Crippen LogP contribution in [0.15, 0.2) is 36.4 Å². The number of ether oxygens (including phenoxy) is 1. The number of alkyl halides is 6. The SMILES string of the molecule is O=C(OC(=O)c1ccc(C(F)(F)F)c([N+](=O)[O-])c1)c1cc([N+](=O)[O-])cc(C(F)(F)F)c1. The van der Waals surface area contributed by atoms with Gasteiger partial charge in [0.15, 0.2) is 0 Å². The summed E-state index contributed by atoms with van der Waals surface area (Å²) in [5, 5.41) is 21.6. The van der Waals surface area contributed by atoms with Gasteiger partial charge in [0.25, 0.3) is 11.4 Å². The van der Waals surface area contributed by atoms with E-state index in [1.807, 2.05) is 0 Å². The molecule has 2 aromatic rings. The lowest BCUT2D eigenvalue weighted by Crippen LogP contribution is -2.16. The molecule has 0 saturated heterocycles. The molecule has 0 aliphatic carbocycles. The average molecular weight is 452 g/mol. The zero-order chi connectivity index (χ0) is 23.7. The minimum atomic E-state index is -5.14. The first-order chi connectivity index (χ1) is 14.1. The Morgan fingerprint density at radius 3 is 1.84 bits per heavy atom. The Morgan fingerprint density at radius 1 is 0.774 bits per heavy atom. The molecule has 0 N–H and O–H groups in total. The second kappa shape index (κ2) is 8.00. The van der Waals surface area contributed by atoms with Crippen LogP contribution in [0.5, 0.6) is 0 Å². The van der Waals surface area contributed by atoms with Crippen molar-refractivity contribution in [2.45, 2.75) is 12.4 Å². The van der Waals surface area contributed by atoms with Crippen LogP contribution in [0.25, 0.3) is 0 Å². The summed E-state index contributed by atoms with van der Waals surface area (Å²) in [6.07, 6.45) is -10.2. The fourth-order valence-electron chi connectivity index (χ4n) is 2.25. The van der Waals surface area contributed by atoms with Gasteiger partial charge < -0.3 is 4.74 Å². The van der Waals surface area contributed by atoms with Crippen LogP contribution in [0.3, 0.4) is 0 Å². The van der Waals surface area contributed by atoms with E-state index in [1.165, 1.54) is 0 Å². The topological polar surface area (TPSA) is 130 Å². The first kappa shape index (κ1) is 23.2. The van der Waals surface area contributed by atoms with Crippen molar-refractivity contribution in [3.8, 4) is 0 Å². The number of nitro benzene ring substituents is 2. The molecule has 0 unspecified atom stereocenters. The Kier molecular flexibility index (Phi) is 6.00. The third-order valence-corrected chi connectivity index (χ3v) is 3.61. The Balaban J connectivity index is 2.40. The van der Waals surface area contributed by atoms with Gasteiger partial charge in [0.05, 0.1) is 26.5 Å².